The predicted octanol–water partition coefficient (Wildman–Crippen LogP) is 4.01. The molecular weight excluding hydrogens is 414 g/mol. The zero-order chi connectivity index (χ0) is 20.1. The van der Waals surface area contributed by atoms with E-state index in [2.05, 4.69) is 27.3 Å². The maximum absolute atomic E-state index is 12.2. The summed E-state index contributed by atoms with van der Waals surface area (Å²) in [5.74, 6) is 1.05. The molecule has 9 heteroatoms. The molecule has 1 aromatic carbocycles. The van der Waals surface area contributed by atoms with Gasteiger partial charge in [0.05, 0.1) is 18.3 Å². The molecule has 1 unspecified atom stereocenters. The molecule has 0 fully saturated rings. The molecule has 0 aliphatic rings. The molecule has 6 nitrogen and oxygen atoms in total. The Morgan fingerprint density at radius 1 is 1.29 bits per heavy atom. The number of benzene rings is 1. The van der Waals surface area contributed by atoms with Crippen molar-refractivity contribution in [3.8, 4) is 5.69 Å². The van der Waals surface area contributed by atoms with Crippen LogP contribution in [0.2, 0.25) is 5.02 Å². The van der Waals surface area contributed by atoms with E-state index in [4.69, 9.17) is 11.6 Å². The maximum Gasteiger partial charge on any atom is 0.230 e. The fraction of sp³-hybridized carbons (Fsp3) is 0.316. The van der Waals surface area contributed by atoms with Crippen LogP contribution in [0.5, 0.6) is 0 Å². The molecule has 1 N–H and O–H groups in total. The number of hydrogen-bond donors (Lipinski definition) is 1. The van der Waals surface area contributed by atoms with Crippen molar-refractivity contribution in [2.75, 3.05) is 19.8 Å². The highest BCUT2D eigenvalue weighted by Crippen LogP contribution is 2.27. The molecule has 0 radical (unpaired) electrons. The quantitative estimate of drug-likeness (QED) is 0.541. The van der Waals surface area contributed by atoms with Crippen LogP contribution in [0.25, 0.3) is 5.69 Å². The summed E-state index contributed by atoms with van der Waals surface area (Å²) in [4.78, 5) is 15.4. The van der Waals surface area contributed by atoms with Crippen molar-refractivity contribution in [1.82, 2.24) is 25.0 Å². The minimum Gasteiger partial charge on any atom is -0.350 e. The molecule has 0 aliphatic carbocycles. The summed E-state index contributed by atoms with van der Waals surface area (Å²) in [6.45, 7) is 2.61. The lowest BCUT2D eigenvalue weighted by Gasteiger charge is -2.20. The van der Waals surface area contributed by atoms with Crippen LogP contribution in [0.4, 0.5) is 0 Å². The SMILES string of the molecule is CC(c1nnc(SCC(=O)NCc2cccs2)n1-c1ccc(Cl)cc1)N(C)C. The van der Waals surface area contributed by atoms with E-state index in [0.29, 0.717) is 16.7 Å². The Balaban J connectivity index is 1.76. The van der Waals surface area contributed by atoms with Gasteiger partial charge in [-0.25, -0.2) is 0 Å². The number of nitrogens with zero attached hydrogens (tertiary/aromatic N) is 4. The molecule has 0 bridgehead atoms. The second kappa shape index (κ2) is 9.56. The summed E-state index contributed by atoms with van der Waals surface area (Å²) >= 11 is 9.04. The molecule has 3 rings (SSSR count). The number of carbonyl (C=O) groups is 1. The van der Waals surface area contributed by atoms with Crippen molar-refractivity contribution in [3.05, 3.63) is 57.5 Å². The number of rotatable bonds is 8. The second-order valence-electron chi connectivity index (χ2n) is 6.44. The molecule has 0 spiro atoms. The number of thiophene rings is 1. The van der Waals surface area contributed by atoms with Crippen molar-refractivity contribution in [2.45, 2.75) is 24.7 Å². The van der Waals surface area contributed by atoms with Gasteiger partial charge in [0.2, 0.25) is 5.91 Å². The molecule has 1 amide bonds. The summed E-state index contributed by atoms with van der Waals surface area (Å²) in [6, 6.07) is 11.6. The topological polar surface area (TPSA) is 63.1 Å². The van der Waals surface area contributed by atoms with Crippen LogP contribution in [0.1, 0.15) is 23.7 Å². The van der Waals surface area contributed by atoms with Crippen LogP contribution < -0.4 is 5.32 Å². The minimum atomic E-state index is -0.0359. The van der Waals surface area contributed by atoms with Gasteiger partial charge in [-0.1, -0.05) is 29.4 Å². The Hall–Kier alpha value is -1.87. The number of aromatic nitrogens is 3. The first kappa shape index (κ1) is 20.9. The van der Waals surface area contributed by atoms with Crippen LogP contribution in [0.3, 0.4) is 0 Å². The third kappa shape index (κ3) is 5.14. The molecule has 28 heavy (non-hydrogen) atoms. The van der Waals surface area contributed by atoms with E-state index in [0.717, 1.165) is 16.4 Å². The molecule has 1 atom stereocenters. The highest BCUT2D eigenvalue weighted by Gasteiger charge is 2.21. The standard InChI is InChI=1S/C19H22ClN5OS2/c1-13(24(2)3)18-22-23-19(25(18)15-8-6-14(20)7-9-15)28-12-17(26)21-11-16-5-4-10-27-16/h4-10,13H,11-12H2,1-3H3,(H,21,26). The highest BCUT2D eigenvalue weighted by molar-refractivity contribution is 7.99. The molecule has 0 aliphatic heterocycles. The number of hydrogen-bond acceptors (Lipinski definition) is 6. The largest absolute Gasteiger partial charge is 0.350 e. The number of thioether (sulfide) groups is 1. The van der Waals surface area contributed by atoms with Crippen LogP contribution in [-0.2, 0) is 11.3 Å². The van der Waals surface area contributed by atoms with Crippen LogP contribution in [0, 0.1) is 0 Å². The van der Waals surface area contributed by atoms with Crippen molar-refractivity contribution < 1.29 is 4.79 Å². The van der Waals surface area contributed by atoms with Gasteiger partial charge >= 0.3 is 0 Å². The molecule has 2 heterocycles. The molecular formula is C19H22ClN5OS2. The summed E-state index contributed by atoms with van der Waals surface area (Å²) in [7, 11) is 3.99. The Morgan fingerprint density at radius 2 is 2.04 bits per heavy atom. The smallest absolute Gasteiger partial charge is 0.230 e. The van der Waals surface area contributed by atoms with Gasteiger partial charge in [-0.15, -0.1) is 21.5 Å². The van der Waals surface area contributed by atoms with E-state index in [1.165, 1.54) is 11.8 Å². The first-order valence-corrected chi connectivity index (χ1v) is 11.0. The molecule has 2 aromatic heterocycles. The predicted molar refractivity (Wildman–Crippen MR) is 115 cm³/mol. The maximum atomic E-state index is 12.2. The van der Waals surface area contributed by atoms with Crippen molar-refractivity contribution >= 4 is 40.6 Å². The van der Waals surface area contributed by atoms with Gasteiger partial charge in [0.1, 0.15) is 0 Å². The fourth-order valence-electron chi connectivity index (χ4n) is 2.49. The van der Waals surface area contributed by atoms with E-state index in [1.54, 1.807) is 11.3 Å². The highest BCUT2D eigenvalue weighted by atomic mass is 35.5. The van der Waals surface area contributed by atoms with E-state index in [9.17, 15) is 4.79 Å². The fourth-order valence-corrected chi connectivity index (χ4v) is 4.05. The van der Waals surface area contributed by atoms with Gasteiger partial charge in [-0.05, 0) is 56.7 Å². The van der Waals surface area contributed by atoms with Gasteiger partial charge in [0, 0.05) is 15.6 Å². The third-order valence-corrected chi connectivity index (χ3v) is 6.32. The average molecular weight is 436 g/mol. The average Bonchev–Trinajstić information content (AvgIpc) is 3.34. The van der Waals surface area contributed by atoms with Crippen LogP contribution in [0.15, 0.2) is 46.9 Å². The third-order valence-electron chi connectivity index (χ3n) is 4.26. The second-order valence-corrected chi connectivity index (χ2v) is 8.85. The monoisotopic (exact) mass is 435 g/mol. The Labute approximate surface area is 177 Å². The molecule has 148 valence electrons. The molecule has 0 saturated heterocycles. The Kier molecular flexibility index (Phi) is 7.12. The van der Waals surface area contributed by atoms with Gasteiger partial charge in [0.15, 0.2) is 11.0 Å². The van der Waals surface area contributed by atoms with Crippen molar-refractivity contribution in [1.29, 1.82) is 0 Å². The summed E-state index contributed by atoms with van der Waals surface area (Å²) < 4.78 is 1.98. The first-order valence-electron chi connectivity index (χ1n) is 8.75. The van der Waals surface area contributed by atoms with Crippen LogP contribution in [-0.4, -0.2) is 45.4 Å². The van der Waals surface area contributed by atoms with Gasteiger partial charge in [-0.2, -0.15) is 0 Å². The number of halogens is 1. The number of amides is 1. The van der Waals surface area contributed by atoms with Gasteiger partial charge in [-0.3, -0.25) is 14.3 Å². The first-order chi connectivity index (χ1) is 13.5. The lowest BCUT2D eigenvalue weighted by molar-refractivity contribution is -0.118. The zero-order valence-electron chi connectivity index (χ0n) is 15.9. The number of carbonyl (C=O) groups excluding carboxylic acids is 1. The van der Waals surface area contributed by atoms with Crippen molar-refractivity contribution in [2.24, 2.45) is 0 Å². The number of nitrogens with one attached hydrogen (secondary N) is 1. The Morgan fingerprint density at radius 3 is 2.68 bits per heavy atom. The van der Waals surface area contributed by atoms with E-state index in [1.807, 2.05) is 60.4 Å². The minimum absolute atomic E-state index is 0.0359. The Bertz CT molecular complexity index is 909. The normalized spacial score (nSPS) is 12.3. The van der Waals surface area contributed by atoms with E-state index < -0.39 is 0 Å². The molecule has 3 aromatic rings. The lowest BCUT2D eigenvalue weighted by Crippen LogP contribution is -2.24. The zero-order valence-corrected chi connectivity index (χ0v) is 18.3. The summed E-state index contributed by atoms with van der Waals surface area (Å²) in [5, 5.41) is 15.0. The summed E-state index contributed by atoms with van der Waals surface area (Å²) in [5.41, 5.74) is 0.916. The lowest BCUT2D eigenvalue weighted by atomic mass is 10.2. The van der Waals surface area contributed by atoms with Gasteiger partial charge in [0.25, 0.3) is 0 Å². The van der Waals surface area contributed by atoms with Crippen molar-refractivity contribution in [3.63, 3.8) is 0 Å². The van der Waals surface area contributed by atoms with Crippen LogP contribution >= 0.6 is 34.7 Å². The van der Waals surface area contributed by atoms with Gasteiger partial charge < -0.3 is 5.32 Å². The van der Waals surface area contributed by atoms with E-state index in [-0.39, 0.29) is 17.7 Å². The summed E-state index contributed by atoms with van der Waals surface area (Å²) in [6.07, 6.45) is 0. The van der Waals surface area contributed by atoms with E-state index >= 15 is 0 Å². The molecule has 0 saturated carbocycles.